The fourth-order valence-corrected chi connectivity index (χ4v) is 4.18. The lowest BCUT2D eigenvalue weighted by Crippen LogP contribution is -2.13. The minimum Gasteiger partial charge on any atom is -0.338 e. The van der Waals surface area contributed by atoms with Gasteiger partial charge in [0.1, 0.15) is 5.82 Å². The number of aromatic nitrogens is 2. The van der Waals surface area contributed by atoms with Gasteiger partial charge in [-0.2, -0.15) is 0 Å². The van der Waals surface area contributed by atoms with Gasteiger partial charge in [-0.25, -0.2) is 13.4 Å². The Morgan fingerprint density at radius 1 is 0.889 bits per heavy atom. The Morgan fingerprint density at radius 3 is 2.41 bits per heavy atom. The molecule has 1 heterocycles. The molecule has 3 aromatic carbocycles. The van der Waals surface area contributed by atoms with Crippen LogP contribution in [-0.4, -0.2) is 18.4 Å². The molecule has 4 aromatic rings. The number of rotatable bonds is 4. The summed E-state index contributed by atoms with van der Waals surface area (Å²) in [6.07, 6.45) is 0. The van der Waals surface area contributed by atoms with Gasteiger partial charge < -0.3 is 4.98 Å². The van der Waals surface area contributed by atoms with Gasteiger partial charge in [0.15, 0.2) is 0 Å². The maximum atomic E-state index is 12.8. The zero-order valence-electron chi connectivity index (χ0n) is 13.8. The first-order valence-corrected chi connectivity index (χ1v) is 10.2. The van der Waals surface area contributed by atoms with Gasteiger partial charge >= 0.3 is 0 Å². The number of hydrogen-bond acceptors (Lipinski definition) is 3. The first-order valence-electron chi connectivity index (χ1n) is 7.96. The van der Waals surface area contributed by atoms with Gasteiger partial charge in [-0.05, 0) is 42.5 Å². The number of benzene rings is 3. The first-order chi connectivity index (χ1) is 12.9. The molecule has 0 aliphatic rings. The number of sulfonamides is 1. The first kappa shape index (κ1) is 17.9. The molecule has 1 aromatic heterocycles. The Morgan fingerprint density at radius 2 is 1.63 bits per heavy atom. The van der Waals surface area contributed by atoms with E-state index in [0.29, 0.717) is 22.1 Å². The van der Waals surface area contributed by atoms with Crippen LogP contribution in [0.3, 0.4) is 0 Å². The molecule has 0 amide bonds. The number of fused-ring (bicyclic) bond motifs is 1. The van der Waals surface area contributed by atoms with E-state index >= 15 is 0 Å². The van der Waals surface area contributed by atoms with Crippen LogP contribution in [0.2, 0.25) is 10.0 Å². The van der Waals surface area contributed by atoms with Gasteiger partial charge in [-0.15, -0.1) is 0 Å². The van der Waals surface area contributed by atoms with E-state index in [1.165, 1.54) is 18.2 Å². The van der Waals surface area contributed by atoms with Crippen LogP contribution in [0, 0.1) is 0 Å². The molecule has 5 nitrogen and oxygen atoms in total. The summed E-state index contributed by atoms with van der Waals surface area (Å²) in [6.45, 7) is 0. The summed E-state index contributed by atoms with van der Waals surface area (Å²) in [5.41, 5.74) is 2.71. The molecule has 27 heavy (non-hydrogen) atoms. The molecule has 0 saturated heterocycles. The molecule has 0 aliphatic heterocycles. The standard InChI is InChI=1S/C19H13Cl2N3O2S/c20-14-10-9-12(11-15(14)21)27(25,26)24-16-6-2-1-5-13(16)19-22-17-7-3-4-8-18(17)23-19/h1-11,24H,(H,22,23). The van der Waals surface area contributed by atoms with E-state index in [1.807, 2.05) is 30.3 Å². The molecule has 0 atom stereocenters. The number of nitrogens with zero attached hydrogens (tertiary/aromatic N) is 1. The highest BCUT2D eigenvalue weighted by Crippen LogP contribution is 2.30. The molecular weight excluding hydrogens is 405 g/mol. The van der Waals surface area contributed by atoms with Crippen LogP contribution in [-0.2, 0) is 10.0 Å². The van der Waals surface area contributed by atoms with Crippen molar-refractivity contribution in [3.63, 3.8) is 0 Å². The number of anilines is 1. The van der Waals surface area contributed by atoms with Crippen molar-refractivity contribution in [3.8, 4) is 11.4 Å². The summed E-state index contributed by atoms with van der Waals surface area (Å²) in [7, 11) is -3.85. The van der Waals surface area contributed by atoms with Crippen LogP contribution in [0.5, 0.6) is 0 Å². The van der Waals surface area contributed by atoms with Gasteiger partial charge in [0.05, 0.1) is 31.7 Å². The van der Waals surface area contributed by atoms with Crippen LogP contribution >= 0.6 is 23.2 Å². The van der Waals surface area contributed by atoms with Crippen molar-refractivity contribution in [2.75, 3.05) is 4.72 Å². The van der Waals surface area contributed by atoms with Crippen molar-refractivity contribution >= 4 is 49.9 Å². The molecule has 2 N–H and O–H groups in total. The molecule has 0 aliphatic carbocycles. The minimum absolute atomic E-state index is 0.0244. The zero-order valence-corrected chi connectivity index (χ0v) is 16.1. The van der Waals surface area contributed by atoms with Crippen molar-refractivity contribution in [3.05, 3.63) is 76.8 Å². The lowest BCUT2D eigenvalue weighted by molar-refractivity contribution is 0.601. The second-order valence-electron chi connectivity index (χ2n) is 5.83. The smallest absolute Gasteiger partial charge is 0.261 e. The molecule has 0 radical (unpaired) electrons. The third-order valence-corrected chi connectivity index (χ3v) is 6.12. The molecule has 0 saturated carbocycles. The van der Waals surface area contributed by atoms with Crippen LogP contribution in [0.4, 0.5) is 5.69 Å². The minimum atomic E-state index is -3.85. The van der Waals surface area contributed by atoms with Crippen molar-refractivity contribution in [1.82, 2.24) is 9.97 Å². The largest absolute Gasteiger partial charge is 0.338 e. The van der Waals surface area contributed by atoms with Crippen LogP contribution in [0.1, 0.15) is 0 Å². The van der Waals surface area contributed by atoms with Gasteiger partial charge in [-0.1, -0.05) is 47.5 Å². The lowest BCUT2D eigenvalue weighted by Gasteiger charge is -2.12. The maximum absolute atomic E-state index is 12.8. The molecule has 0 bridgehead atoms. The van der Waals surface area contributed by atoms with E-state index in [0.717, 1.165) is 11.0 Å². The third-order valence-electron chi connectivity index (χ3n) is 4.02. The number of halogens is 2. The second-order valence-corrected chi connectivity index (χ2v) is 8.33. The van der Waals surface area contributed by atoms with Gasteiger partial charge in [0.2, 0.25) is 0 Å². The van der Waals surface area contributed by atoms with E-state index in [9.17, 15) is 8.42 Å². The van der Waals surface area contributed by atoms with Crippen LogP contribution in [0.15, 0.2) is 71.6 Å². The summed E-state index contributed by atoms with van der Waals surface area (Å²) in [6, 6.07) is 18.8. The molecular formula is C19H13Cl2N3O2S. The van der Waals surface area contributed by atoms with Crippen molar-refractivity contribution in [1.29, 1.82) is 0 Å². The summed E-state index contributed by atoms with van der Waals surface area (Å²) in [4.78, 5) is 7.78. The Balaban J connectivity index is 1.75. The van der Waals surface area contributed by atoms with E-state index in [1.54, 1.807) is 18.2 Å². The number of aromatic amines is 1. The fourth-order valence-electron chi connectivity index (χ4n) is 2.71. The van der Waals surface area contributed by atoms with Crippen molar-refractivity contribution < 1.29 is 8.42 Å². The monoisotopic (exact) mass is 417 g/mol. The summed E-state index contributed by atoms with van der Waals surface area (Å²) in [5.74, 6) is 0.573. The van der Waals surface area contributed by atoms with Crippen LogP contribution < -0.4 is 4.72 Å². The predicted molar refractivity (Wildman–Crippen MR) is 109 cm³/mol. The topological polar surface area (TPSA) is 74.8 Å². The Labute approximate surface area is 166 Å². The SMILES string of the molecule is O=S(=O)(Nc1ccccc1-c1nc2ccccc2[nH]1)c1ccc(Cl)c(Cl)c1. The molecule has 0 fully saturated rings. The Hall–Kier alpha value is -2.54. The molecule has 0 spiro atoms. The van der Waals surface area contributed by atoms with Gasteiger partial charge in [0, 0.05) is 5.56 Å². The molecule has 8 heteroatoms. The Bertz CT molecular complexity index is 1220. The lowest BCUT2D eigenvalue weighted by atomic mass is 10.2. The fraction of sp³-hybridized carbons (Fsp3) is 0. The van der Waals surface area contributed by atoms with Gasteiger partial charge in [-0.3, -0.25) is 4.72 Å². The highest BCUT2D eigenvalue weighted by Gasteiger charge is 2.18. The van der Waals surface area contributed by atoms with E-state index in [-0.39, 0.29) is 9.92 Å². The maximum Gasteiger partial charge on any atom is 0.261 e. The quantitative estimate of drug-likeness (QED) is 0.470. The summed E-state index contributed by atoms with van der Waals surface area (Å²) >= 11 is 11.8. The normalized spacial score (nSPS) is 11.6. The highest BCUT2D eigenvalue weighted by atomic mass is 35.5. The molecule has 0 unspecified atom stereocenters. The summed E-state index contributed by atoms with van der Waals surface area (Å²) < 4.78 is 28.2. The second kappa shape index (κ2) is 6.88. The number of para-hydroxylation sites is 3. The Kier molecular flexibility index (Phi) is 4.55. The average Bonchev–Trinajstić information content (AvgIpc) is 3.08. The number of hydrogen-bond donors (Lipinski definition) is 2. The highest BCUT2D eigenvalue weighted by molar-refractivity contribution is 7.92. The number of H-pyrrole nitrogens is 1. The third kappa shape index (κ3) is 3.51. The van der Waals surface area contributed by atoms with E-state index < -0.39 is 10.0 Å². The van der Waals surface area contributed by atoms with Crippen LogP contribution in [0.25, 0.3) is 22.4 Å². The zero-order chi connectivity index (χ0) is 19.0. The van der Waals surface area contributed by atoms with Crippen molar-refractivity contribution in [2.45, 2.75) is 4.90 Å². The van der Waals surface area contributed by atoms with Gasteiger partial charge in [0.25, 0.3) is 10.0 Å². The van der Waals surface area contributed by atoms with E-state index in [2.05, 4.69) is 14.7 Å². The number of imidazole rings is 1. The molecule has 4 rings (SSSR count). The predicted octanol–water partition coefficient (Wildman–Crippen LogP) is 5.34. The van der Waals surface area contributed by atoms with Crippen molar-refractivity contribution in [2.24, 2.45) is 0 Å². The summed E-state index contributed by atoms with van der Waals surface area (Å²) in [5, 5.41) is 0.461. The average molecular weight is 418 g/mol. The molecule has 136 valence electrons. The number of nitrogens with one attached hydrogen (secondary N) is 2. The van der Waals surface area contributed by atoms with E-state index in [4.69, 9.17) is 23.2 Å².